The topological polar surface area (TPSA) is 20.2 Å². The molecule has 0 aromatic heterocycles. The molecular weight excluding hydrogens is 164 g/mol. The van der Waals surface area contributed by atoms with Crippen LogP contribution in [0.1, 0.15) is 6.92 Å². The lowest BCUT2D eigenvalue weighted by Crippen LogP contribution is -2.29. The van der Waals surface area contributed by atoms with Crippen LogP contribution in [0.15, 0.2) is 12.2 Å². The van der Waals surface area contributed by atoms with Crippen LogP contribution in [0.2, 0.25) is 0 Å². The van der Waals surface area contributed by atoms with E-state index in [9.17, 15) is 5.11 Å². The van der Waals surface area contributed by atoms with Gasteiger partial charge in [-0.15, -0.1) is 23.5 Å². The Kier molecular flexibility index (Phi) is 0.790. The van der Waals surface area contributed by atoms with Crippen molar-refractivity contribution in [1.82, 2.24) is 0 Å². The van der Waals surface area contributed by atoms with Crippen molar-refractivity contribution in [3.05, 3.63) is 12.2 Å². The van der Waals surface area contributed by atoms with Gasteiger partial charge in [0.25, 0.3) is 0 Å². The minimum absolute atomic E-state index is 0.164. The lowest BCUT2D eigenvalue weighted by molar-refractivity contribution is 0.188. The first-order chi connectivity index (χ1) is 4.66. The van der Waals surface area contributed by atoms with Crippen molar-refractivity contribution in [2.75, 3.05) is 0 Å². The van der Waals surface area contributed by atoms with Crippen molar-refractivity contribution in [2.24, 2.45) is 0 Å². The standard InChI is InChI=1S/C7H8OS2/c1-6-5-4(9-5)2-3-7(6,8)10-6/h2-5,8H,1H3. The molecule has 0 spiro atoms. The van der Waals surface area contributed by atoms with E-state index in [1.54, 1.807) is 11.8 Å². The molecule has 2 fully saturated rings. The molecule has 4 unspecified atom stereocenters. The molecule has 54 valence electrons. The maximum Gasteiger partial charge on any atom is 0.145 e. The molecule has 0 aromatic rings. The van der Waals surface area contributed by atoms with Gasteiger partial charge in [0.1, 0.15) is 4.93 Å². The number of rotatable bonds is 0. The van der Waals surface area contributed by atoms with Gasteiger partial charge >= 0.3 is 0 Å². The van der Waals surface area contributed by atoms with E-state index in [1.165, 1.54) is 0 Å². The summed E-state index contributed by atoms with van der Waals surface area (Å²) in [5.74, 6) is 0. The maximum atomic E-state index is 9.77. The summed E-state index contributed by atoms with van der Waals surface area (Å²) < 4.78 is 0.164. The molecule has 3 rings (SSSR count). The summed E-state index contributed by atoms with van der Waals surface area (Å²) in [6, 6.07) is 0. The Bertz CT molecular complexity index is 240. The fourth-order valence-electron chi connectivity index (χ4n) is 1.70. The Morgan fingerprint density at radius 3 is 3.10 bits per heavy atom. The second kappa shape index (κ2) is 1.32. The van der Waals surface area contributed by atoms with Gasteiger partial charge in [-0.05, 0) is 13.0 Å². The average Bonchev–Trinajstić information content (AvgIpc) is 2.64. The molecule has 0 aromatic carbocycles. The normalized spacial score (nSPS) is 68.6. The summed E-state index contributed by atoms with van der Waals surface area (Å²) in [5, 5.41) is 11.2. The third-order valence-electron chi connectivity index (χ3n) is 2.62. The lowest BCUT2D eigenvalue weighted by atomic mass is 9.94. The van der Waals surface area contributed by atoms with Crippen molar-refractivity contribution < 1.29 is 5.11 Å². The zero-order valence-electron chi connectivity index (χ0n) is 5.57. The second-order valence-corrected chi connectivity index (χ2v) is 6.28. The van der Waals surface area contributed by atoms with Gasteiger partial charge in [-0.1, -0.05) is 6.08 Å². The van der Waals surface area contributed by atoms with Crippen molar-refractivity contribution >= 4 is 23.5 Å². The van der Waals surface area contributed by atoms with E-state index >= 15 is 0 Å². The number of hydrogen-bond donors (Lipinski definition) is 1. The van der Waals surface area contributed by atoms with Crippen LogP contribution in [0.4, 0.5) is 0 Å². The van der Waals surface area contributed by atoms with Gasteiger partial charge in [0, 0.05) is 10.5 Å². The molecule has 0 radical (unpaired) electrons. The summed E-state index contributed by atoms with van der Waals surface area (Å²) in [6.07, 6.45) is 4.12. The minimum atomic E-state index is -0.488. The summed E-state index contributed by atoms with van der Waals surface area (Å²) in [4.78, 5) is -0.488. The van der Waals surface area contributed by atoms with E-state index in [-0.39, 0.29) is 4.75 Å². The van der Waals surface area contributed by atoms with E-state index < -0.39 is 4.93 Å². The first kappa shape index (κ1) is 5.98. The number of hydrogen-bond acceptors (Lipinski definition) is 3. The second-order valence-electron chi connectivity index (χ2n) is 3.29. The van der Waals surface area contributed by atoms with E-state index in [0.717, 1.165) is 5.25 Å². The quantitative estimate of drug-likeness (QED) is 0.438. The van der Waals surface area contributed by atoms with Crippen molar-refractivity contribution in [3.63, 3.8) is 0 Å². The van der Waals surface area contributed by atoms with Gasteiger partial charge < -0.3 is 5.11 Å². The zero-order chi connectivity index (χ0) is 6.98. The molecule has 1 N–H and O–H groups in total. The molecular formula is C7H8OS2. The highest BCUT2D eigenvalue weighted by molar-refractivity contribution is 8.14. The smallest absolute Gasteiger partial charge is 0.145 e. The molecule has 0 bridgehead atoms. The molecule has 2 saturated heterocycles. The largest absolute Gasteiger partial charge is 0.374 e. The van der Waals surface area contributed by atoms with Gasteiger partial charge in [-0.3, -0.25) is 0 Å². The van der Waals surface area contributed by atoms with E-state index in [2.05, 4.69) is 13.0 Å². The van der Waals surface area contributed by atoms with Crippen LogP contribution in [-0.4, -0.2) is 25.3 Å². The van der Waals surface area contributed by atoms with Crippen molar-refractivity contribution in [3.8, 4) is 0 Å². The lowest BCUT2D eigenvalue weighted by Gasteiger charge is -2.12. The number of thioether (sulfide) groups is 2. The monoisotopic (exact) mass is 172 g/mol. The maximum absolute atomic E-state index is 9.77. The molecule has 2 aliphatic heterocycles. The fourth-order valence-corrected chi connectivity index (χ4v) is 4.59. The molecule has 3 aliphatic rings. The Labute approximate surface area is 68.3 Å². The van der Waals surface area contributed by atoms with Crippen molar-refractivity contribution in [1.29, 1.82) is 0 Å². The average molecular weight is 172 g/mol. The first-order valence-corrected chi connectivity index (χ1v) is 5.19. The van der Waals surface area contributed by atoms with Crippen LogP contribution in [0.3, 0.4) is 0 Å². The van der Waals surface area contributed by atoms with Gasteiger partial charge in [-0.2, -0.15) is 0 Å². The van der Waals surface area contributed by atoms with Crippen LogP contribution < -0.4 is 0 Å². The first-order valence-electron chi connectivity index (χ1n) is 3.43. The molecule has 10 heavy (non-hydrogen) atoms. The Balaban J connectivity index is 2.09. The van der Waals surface area contributed by atoms with Crippen LogP contribution in [0.5, 0.6) is 0 Å². The third-order valence-corrected chi connectivity index (χ3v) is 5.91. The van der Waals surface area contributed by atoms with Gasteiger partial charge in [0.2, 0.25) is 0 Å². The number of fused-ring (bicyclic) bond motifs is 3. The zero-order valence-corrected chi connectivity index (χ0v) is 7.21. The van der Waals surface area contributed by atoms with E-state index in [1.807, 2.05) is 17.8 Å². The minimum Gasteiger partial charge on any atom is -0.374 e. The Morgan fingerprint density at radius 2 is 2.40 bits per heavy atom. The molecule has 1 nitrogen and oxygen atoms in total. The van der Waals surface area contributed by atoms with E-state index in [0.29, 0.717) is 5.25 Å². The summed E-state index contributed by atoms with van der Waals surface area (Å²) >= 11 is 3.68. The molecule has 2 heterocycles. The van der Waals surface area contributed by atoms with Gasteiger partial charge in [-0.25, -0.2) is 0 Å². The van der Waals surface area contributed by atoms with Crippen LogP contribution in [0, 0.1) is 0 Å². The molecule has 3 heteroatoms. The van der Waals surface area contributed by atoms with Crippen LogP contribution in [-0.2, 0) is 0 Å². The summed E-state index contributed by atoms with van der Waals surface area (Å²) in [6.45, 7) is 2.17. The highest BCUT2D eigenvalue weighted by Gasteiger charge is 2.75. The predicted octanol–water partition coefficient (Wildman–Crippen LogP) is 1.23. The SMILES string of the molecule is CC12SC1(O)C=CC1SC12. The third kappa shape index (κ3) is 0.467. The van der Waals surface area contributed by atoms with E-state index in [4.69, 9.17) is 0 Å². The molecule has 0 saturated carbocycles. The van der Waals surface area contributed by atoms with Crippen LogP contribution in [0.25, 0.3) is 0 Å². The number of aliphatic hydroxyl groups is 1. The fraction of sp³-hybridized carbons (Fsp3) is 0.714. The van der Waals surface area contributed by atoms with Crippen LogP contribution >= 0.6 is 23.5 Å². The molecule has 0 amide bonds. The van der Waals surface area contributed by atoms with Crippen molar-refractivity contribution in [2.45, 2.75) is 27.1 Å². The predicted molar refractivity (Wildman–Crippen MR) is 45.3 cm³/mol. The van der Waals surface area contributed by atoms with Gasteiger partial charge in [0.05, 0.1) is 4.75 Å². The Morgan fingerprint density at radius 1 is 1.60 bits per heavy atom. The highest BCUT2D eigenvalue weighted by Crippen LogP contribution is 2.75. The summed E-state index contributed by atoms with van der Waals surface area (Å²) in [5.41, 5.74) is 0. The molecule has 4 atom stereocenters. The highest BCUT2D eigenvalue weighted by atomic mass is 32.2. The summed E-state index contributed by atoms with van der Waals surface area (Å²) in [7, 11) is 0. The molecule has 1 aliphatic carbocycles. The Hall–Kier alpha value is 0.400. The van der Waals surface area contributed by atoms with Gasteiger partial charge in [0.15, 0.2) is 0 Å².